The molecule has 0 atom stereocenters. The largest absolute Gasteiger partial charge is 0.349 e. The van der Waals surface area contributed by atoms with Gasteiger partial charge in [0, 0.05) is 17.3 Å². The van der Waals surface area contributed by atoms with Crippen LogP contribution in [-0.2, 0) is 10.0 Å². The zero-order chi connectivity index (χ0) is 23.4. The maximum Gasteiger partial charge on any atom is 0.264 e. The lowest BCUT2D eigenvalue weighted by Gasteiger charge is -2.23. The number of sulfonamides is 1. The van der Waals surface area contributed by atoms with E-state index in [1.54, 1.807) is 12.1 Å². The number of hydrogen-bond acceptors (Lipinski definition) is 4. The van der Waals surface area contributed by atoms with Gasteiger partial charge in [-0.2, -0.15) is 0 Å². The Morgan fingerprint density at radius 2 is 1.67 bits per heavy atom. The monoisotopic (exact) mass is 484 g/mol. The van der Waals surface area contributed by atoms with Crippen LogP contribution in [0.5, 0.6) is 0 Å². The number of fused-ring (bicyclic) bond motifs is 1. The minimum atomic E-state index is -3.67. The number of benzene rings is 2. The molecule has 3 aromatic rings. The molecule has 1 heterocycles. The predicted octanol–water partition coefficient (Wildman–Crippen LogP) is 6.27. The Hall–Kier alpha value is -2.38. The van der Waals surface area contributed by atoms with Gasteiger partial charge in [0.05, 0.1) is 15.5 Å². The summed E-state index contributed by atoms with van der Waals surface area (Å²) in [6, 6.07) is 14.6. The van der Waals surface area contributed by atoms with Gasteiger partial charge in [0.1, 0.15) is 0 Å². The van der Waals surface area contributed by atoms with E-state index in [0.29, 0.717) is 17.1 Å². The number of aryl methyl sites for hydroxylation is 1. The number of anilines is 1. The predicted molar refractivity (Wildman–Crippen MR) is 137 cm³/mol. The number of hydrogen-bond donors (Lipinski definition) is 1. The van der Waals surface area contributed by atoms with E-state index in [1.807, 2.05) is 50.2 Å². The molecule has 2 aromatic carbocycles. The van der Waals surface area contributed by atoms with Gasteiger partial charge in [0.15, 0.2) is 0 Å². The molecule has 33 heavy (non-hydrogen) atoms. The van der Waals surface area contributed by atoms with E-state index in [2.05, 4.69) is 5.32 Å². The summed E-state index contributed by atoms with van der Waals surface area (Å²) in [4.78, 5) is 13.9. The highest BCUT2D eigenvalue weighted by Gasteiger charge is 2.24. The van der Waals surface area contributed by atoms with Crippen LogP contribution in [0.4, 0.5) is 5.69 Å². The van der Waals surface area contributed by atoms with Crippen molar-refractivity contribution < 1.29 is 13.2 Å². The first-order chi connectivity index (χ1) is 15.9. The maximum atomic E-state index is 13.3. The van der Waals surface area contributed by atoms with E-state index in [9.17, 15) is 13.2 Å². The average molecular weight is 485 g/mol. The van der Waals surface area contributed by atoms with Crippen LogP contribution in [0, 0.1) is 6.92 Å². The van der Waals surface area contributed by atoms with Crippen LogP contribution in [0.15, 0.2) is 53.4 Å². The molecule has 1 N–H and O–H groups in total. The highest BCUT2D eigenvalue weighted by molar-refractivity contribution is 7.92. The molecule has 1 aromatic heterocycles. The number of thiophene rings is 1. The van der Waals surface area contributed by atoms with Gasteiger partial charge in [0.25, 0.3) is 15.9 Å². The zero-order valence-corrected chi connectivity index (χ0v) is 21.0. The topological polar surface area (TPSA) is 66.5 Å². The van der Waals surface area contributed by atoms with E-state index in [0.717, 1.165) is 28.5 Å². The van der Waals surface area contributed by atoms with Gasteiger partial charge in [0.2, 0.25) is 0 Å². The van der Waals surface area contributed by atoms with Gasteiger partial charge in [-0.05, 0) is 68.5 Å². The van der Waals surface area contributed by atoms with E-state index in [-0.39, 0.29) is 16.8 Å². The van der Waals surface area contributed by atoms with Crippen molar-refractivity contribution in [2.24, 2.45) is 0 Å². The Balaban J connectivity index is 1.56. The van der Waals surface area contributed by atoms with Gasteiger partial charge >= 0.3 is 0 Å². The number of carbonyl (C=O) groups excluding carboxylic acids is 1. The Morgan fingerprint density at radius 1 is 1.00 bits per heavy atom. The van der Waals surface area contributed by atoms with Crippen molar-refractivity contribution in [3.05, 3.63) is 59.0 Å². The Bertz CT molecular complexity index is 1210. The normalized spacial score (nSPS) is 15.7. The van der Waals surface area contributed by atoms with Gasteiger partial charge < -0.3 is 5.32 Å². The highest BCUT2D eigenvalue weighted by Crippen LogP contribution is 2.32. The summed E-state index contributed by atoms with van der Waals surface area (Å²) in [7, 11) is -3.67. The van der Waals surface area contributed by atoms with Crippen LogP contribution in [0.25, 0.3) is 10.1 Å². The fourth-order valence-corrected chi connectivity index (χ4v) is 6.90. The minimum Gasteiger partial charge on any atom is -0.349 e. The molecule has 0 radical (unpaired) electrons. The third kappa shape index (κ3) is 5.41. The van der Waals surface area contributed by atoms with Crippen LogP contribution in [0.3, 0.4) is 0 Å². The molecule has 0 bridgehead atoms. The van der Waals surface area contributed by atoms with E-state index < -0.39 is 10.0 Å². The fourth-order valence-electron chi connectivity index (χ4n) is 4.48. The molecule has 0 unspecified atom stereocenters. The summed E-state index contributed by atoms with van der Waals surface area (Å²) in [5.41, 5.74) is 1.62. The van der Waals surface area contributed by atoms with Crippen molar-refractivity contribution in [2.75, 3.05) is 10.8 Å². The van der Waals surface area contributed by atoms with Crippen molar-refractivity contribution in [3.8, 4) is 0 Å². The third-order valence-electron chi connectivity index (χ3n) is 6.35. The smallest absolute Gasteiger partial charge is 0.264 e. The van der Waals surface area contributed by atoms with Crippen molar-refractivity contribution in [3.63, 3.8) is 0 Å². The second kappa shape index (κ2) is 10.3. The third-order valence-corrected chi connectivity index (χ3v) is 9.38. The van der Waals surface area contributed by atoms with Crippen molar-refractivity contribution in [1.29, 1.82) is 0 Å². The van der Waals surface area contributed by atoms with Crippen LogP contribution >= 0.6 is 11.3 Å². The fraction of sp³-hybridized carbons (Fsp3) is 0.423. The SMILES string of the molecule is CCN(c1ccc2sc(C(=O)NC3CCCCCCC3)cc2c1)S(=O)(=O)c1ccc(C)cc1. The highest BCUT2D eigenvalue weighted by atomic mass is 32.2. The summed E-state index contributed by atoms with van der Waals surface area (Å²) in [6.07, 6.45) is 8.22. The molecule has 1 saturated carbocycles. The van der Waals surface area contributed by atoms with Gasteiger partial charge in [-0.15, -0.1) is 11.3 Å². The Kier molecular flexibility index (Phi) is 7.39. The average Bonchev–Trinajstić information content (AvgIpc) is 3.20. The quantitative estimate of drug-likeness (QED) is 0.448. The van der Waals surface area contributed by atoms with Crippen molar-refractivity contribution in [1.82, 2.24) is 5.32 Å². The summed E-state index contributed by atoms with van der Waals surface area (Å²) in [5.74, 6) is -0.0250. The molecule has 0 aliphatic heterocycles. The number of rotatable bonds is 6. The zero-order valence-electron chi connectivity index (χ0n) is 19.3. The lowest BCUT2D eigenvalue weighted by molar-refractivity contribution is 0.0934. The molecule has 1 aliphatic rings. The standard InChI is InChI=1S/C26H32N2O3S2/c1-3-28(33(30,31)23-14-11-19(2)12-15-23)22-13-16-24-20(17-22)18-25(32-24)26(29)27-21-9-7-5-4-6-8-10-21/h11-18,21H,3-10H2,1-2H3,(H,27,29). The summed E-state index contributed by atoms with van der Waals surface area (Å²) < 4.78 is 28.9. The summed E-state index contributed by atoms with van der Waals surface area (Å²) in [6.45, 7) is 4.09. The summed E-state index contributed by atoms with van der Waals surface area (Å²) in [5, 5.41) is 4.11. The van der Waals surface area contributed by atoms with Crippen LogP contribution in [0.1, 0.15) is 67.1 Å². The lowest BCUT2D eigenvalue weighted by atomic mass is 9.97. The minimum absolute atomic E-state index is 0.0250. The first-order valence-electron chi connectivity index (χ1n) is 11.8. The molecular formula is C26H32N2O3S2. The molecule has 5 nitrogen and oxygen atoms in total. The van der Waals surface area contributed by atoms with Crippen LogP contribution < -0.4 is 9.62 Å². The number of nitrogens with one attached hydrogen (secondary N) is 1. The number of nitrogens with zero attached hydrogens (tertiary/aromatic N) is 1. The first kappa shape index (κ1) is 23.8. The second-order valence-corrected chi connectivity index (χ2v) is 11.8. The van der Waals surface area contributed by atoms with Crippen LogP contribution in [-0.4, -0.2) is 26.9 Å². The Labute approximate surface area is 200 Å². The van der Waals surface area contributed by atoms with E-state index in [1.165, 1.54) is 47.7 Å². The summed E-state index contributed by atoms with van der Waals surface area (Å²) >= 11 is 1.46. The maximum absolute atomic E-state index is 13.3. The number of amides is 1. The molecule has 1 amide bonds. The van der Waals surface area contributed by atoms with E-state index >= 15 is 0 Å². The molecular weight excluding hydrogens is 452 g/mol. The van der Waals surface area contributed by atoms with Crippen molar-refractivity contribution >= 4 is 43.0 Å². The molecule has 7 heteroatoms. The van der Waals surface area contributed by atoms with Gasteiger partial charge in [-0.25, -0.2) is 8.42 Å². The molecule has 0 spiro atoms. The van der Waals surface area contributed by atoms with E-state index in [4.69, 9.17) is 0 Å². The molecule has 1 fully saturated rings. The number of carbonyl (C=O) groups is 1. The van der Waals surface area contributed by atoms with Gasteiger partial charge in [-0.1, -0.05) is 49.8 Å². The first-order valence-corrected chi connectivity index (χ1v) is 14.1. The van der Waals surface area contributed by atoms with Crippen molar-refractivity contribution in [2.45, 2.75) is 69.7 Å². The lowest BCUT2D eigenvalue weighted by Crippen LogP contribution is -2.34. The molecule has 1 aliphatic carbocycles. The Morgan fingerprint density at radius 3 is 2.33 bits per heavy atom. The molecule has 4 rings (SSSR count). The molecule has 176 valence electrons. The van der Waals surface area contributed by atoms with Gasteiger partial charge in [-0.3, -0.25) is 9.10 Å². The van der Waals surface area contributed by atoms with Crippen LogP contribution in [0.2, 0.25) is 0 Å². The second-order valence-electron chi connectivity index (χ2n) is 8.83. The molecule has 0 saturated heterocycles.